The Kier molecular flexibility index (Phi) is 9.05. The third kappa shape index (κ3) is 6.39. The van der Waals surface area contributed by atoms with Crippen molar-refractivity contribution in [2.45, 2.75) is 31.4 Å². The van der Waals surface area contributed by atoms with Gasteiger partial charge < -0.3 is 19.5 Å². The highest BCUT2D eigenvalue weighted by Gasteiger charge is 2.37. The van der Waals surface area contributed by atoms with Crippen LogP contribution in [0.15, 0.2) is 109 Å². The lowest BCUT2D eigenvalue weighted by molar-refractivity contribution is -0.394. The van der Waals surface area contributed by atoms with E-state index in [1.54, 1.807) is 6.92 Å². The largest absolute Gasteiger partial charge is 0.530 e. The summed E-state index contributed by atoms with van der Waals surface area (Å²) in [4.78, 5) is 33.9. The van der Waals surface area contributed by atoms with Crippen LogP contribution in [-0.4, -0.2) is 28.6 Å². The van der Waals surface area contributed by atoms with E-state index in [2.05, 4.69) is 0 Å². The molecule has 0 spiro atoms. The van der Waals surface area contributed by atoms with Gasteiger partial charge in [0.2, 0.25) is 0 Å². The topological polar surface area (TPSA) is 139 Å². The molecule has 0 heterocycles. The van der Waals surface area contributed by atoms with E-state index in [1.807, 2.05) is 91.0 Å². The van der Waals surface area contributed by atoms with Crippen molar-refractivity contribution in [1.29, 1.82) is 0 Å². The van der Waals surface area contributed by atoms with Crippen LogP contribution in [0, 0.1) is 20.2 Å². The Labute approximate surface area is 236 Å². The zero-order chi connectivity index (χ0) is 29.4. The van der Waals surface area contributed by atoms with Gasteiger partial charge in [0, 0.05) is 24.8 Å². The van der Waals surface area contributed by atoms with E-state index in [9.17, 15) is 30.1 Å². The smallest absolute Gasteiger partial charge is 0.278 e. The summed E-state index contributed by atoms with van der Waals surface area (Å²) in [6.07, 6.45) is -0.921. The number of carbonyl (C=O) groups excluding carboxylic acids is 1. The molecular weight excluding hydrogens is 526 g/mol. The number of hydrogen-bond acceptors (Lipinski definition) is 7. The highest BCUT2D eigenvalue weighted by Crippen LogP contribution is 2.40. The van der Waals surface area contributed by atoms with Gasteiger partial charge in [-0.25, -0.2) is 0 Å². The van der Waals surface area contributed by atoms with Gasteiger partial charge in [0.05, 0.1) is 21.6 Å². The minimum Gasteiger partial charge on any atom is -0.530 e. The van der Waals surface area contributed by atoms with E-state index in [-0.39, 0.29) is 12.3 Å². The van der Waals surface area contributed by atoms with E-state index in [4.69, 9.17) is 4.74 Å². The number of nitro groups is 2. The number of amides is 1. The van der Waals surface area contributed by atoms with Gasteiger partial charge in [-0.15, -0.1) is 0 Å². The Hall–Kier alpha value is -5.09. The number of anilines is 1. The predicted molar refractivity (Wildman–Crippen MR) is 151 cm³/mol. The van der Waals surface area contributed by atoms with Gasteiger partial charge in [-0.2, -0.15) is 0 Å². The predicted octanol–water partition coefficient (Wildman–Crippen LogP) is 5.83. The van der Waals surface area contributed by atoms with E-state index in [0.29, 0.717) is 12.8 Å². The first-order chi connectivity index (χ1) is 19.7. The fourth-order valence-electron chi connectivity index (χ4n) is 4.97. The fourth-order valence-corrected chi connectivity index (χ4v) is 4.97. The van der Waals surface area contributed by atoms with Crippen LogP contribution in [0.3, 0.4) is 0 Å². The standard InChI is InChI=1S/C31H29N3O7/c1-23(32(30(35)36)27-20-28(33(37)38)22-29(21-27)34(39)40)12-11-19-41-31(24-13-5-2-6-14-24,25-15-7-3-8-16-25)26-17-9-4-10-18-26/h2-10,13-18,20-23H,11-12,19H2,1H3,(H,35,36)/p-1. The third-order valence-corrected chi connectivity index (χ3v) is 6.85. The number of hydrogen-bond donors (Lipinski definition) is 0. The average molecular weight is 555 g/mol. The van der Waals surface area contributed by atoms with Crippen LogP contribution in [0.5, 0.6) is 0 Å². The van der Waals surface area contributed by atoms with Crippen molar-refractivity contribution in [2.75, 3.05) is 11.5 Å². The molecule has 4 aromatic rings. The second kappa shape index (κ2) is 12.8. The summed E-state index contributed by atoms with van der Waals surface area (Å²) < 4.78 is 6.73. The molecule has 10 nitrogen and oxygen atoms in total. The Morgan fingerprint density at radius 3 is 1.56 bits per heavy atom. The highest BCUT2D eigenvalue weighted by atomic mass is 16.6. The number of carboxylic acid groups (broad SMARTS) is 1. The maximum absolute atomic E-state index is 12.1. The number of nitro benzene ring substituents is 2. The van der Waals surface area contributed by atoms with E-state index < -0.39 is 39.0 Å². The molecule has 0 saturated carbocycles. The molecule has 4 aromatic carbocycles. The molecule has 0 fully saturated rings. The minimum absolute atomic E-state index is 0.202. The first-order valence-electron chi connectivity index (χ1n) is 13.0. The van der Waals surface area contributed by atoms with Gasteiger partial charge in [-0.1, -0.05) is 91.0 Å². The Bertz CT molecular complexity index is 1370. The van der Waals surface area contributed by atoms with Crippen molar-refractivity contribution in [3.63, 3.8) is 0 Å². The lowest BCUT2D eigenvalue weighted by atomic mass is 9.80. The summed E-state index contributed by atoms with van der Waals surface area (Å²) in [6, 6.07) is 31.5. The number of non-ortho nitro benzene ring substituents is 2. The van der Waals surface area contributed by atoms with Crippen LogP contribution in [0.2, 0.25) is 0 Å². The molecule has 0 aliphatic rings. The van der Waals surface area contributed by atoms with Gasteiger partial charge >= 0.3 is 0 Å². The number of benzene rings is 4. The highest BCUT2D eigenvalue weighted by molar-refractivity contribution is 5.86. The quantitative estimate of drug-likeness (QED) is 0.0929. The lowest BCUT2D eigenvalue weighted by Crippen LogP contribution is -2.46. The van der Waals surface area contributed by atoms with Crippen LogP contribution in [0.1, 0.15) is 36.5 Å². The molecule has 0 N–H and O–H groups in total. The van der Waals surface area contributed by atoms with Crippen LogP contribution in [0.4, 0.5) is 21.9 Å². The summed E-state index contributed by atoms with van der Waals surface area (Å²) in [5, 5.41) is 34.8. The van der Waals surface area contributed by atoms with Crippen molar-refractivity contribution in [2.24, 2.45) is 0 Å². The first-order valence-corrected chi connectivity index (χ1v) is 13.0. The van der Waals surface area contributed by atoms with Crippen LogP contribution < -0.4 is 10.0 Å². The molecule has 0 aliphatic carbocycles. The van der Waals surface area contributed by atoms with E-state index >= 15 is 0 Å². The van der Waals surface area contributed by atoms with E-state index in [1.165, 1.54) is 0 Å². The second-order valence-corrected chi connectivity index (χ2v) is 9.48. The van der Waals surface area contributed by atoms with Crippen molar-refractivity contribution in [1.82, 2.24) is 0 Å². The fraction of sp³-hybridized carbons (Fsp3) is 0.194. The molecule has 210 valence electrons. The monoisotopic (exact) mass is 554 g/mol. The van der Waals surface area contributed by atoms with Gasteiger partial charge in [0.1, 0.15) is 11.7 Å². The average Bonchev–Trinajstić information content (AvgIpc) is 2.98. The summed E-state index contributed by atoms with van der Waals surface area (Å²) in [5.41, 5.74) is 0.444. The van der Waals surface area contributed by atoms with Gasteiger partial charge in [0.25, 0.3) is 11.4 Å². The molecule has 10 heteroatoms. The van der Waals surface area contributed by atoms with Crippen molar-refractivity contribution >= 4 is 23.2 Å². The Balaban J connectivity index is 1.60. The molecule has 0 saturated heterocycles. The molecule has 4 rings (SSSR count). The van der Waals surface area contributed by atoms with Crippen molar-refractivity contribution in [3.8, 4) is 0 Å². The second-order valence-electron chi connectivity index (χ2n) is 9.48. The summed E-state index contributed by atoms with van der Waals surface area (Å²) in [7, 11) is 0. The Morgan fingerprint density at radius 1 is 0.780 bits per heavy atom. The first kappa shape index (κ1) is 28.9. The Morgan fingerprint density at radius 2 is 1.20 bits per heavy atom. The zero-order valence-corrected chi connectivity index (χ0v) is 22.3. The molecular formula is C31H28N3O7-. The summed E-state index contributed by atoms with van der Waals surface area (Å²) >= 11 is 0. The van der Waals surface area contributed by atoms with Gasteiger partial charge in [-0.05, 0) is 36.5 Å². The maximum Gasteiger partial charge on any atom is 0.278 e. The molecule has 0 aromatic heterocycles. The summed E-state index contributed by atoms with van der Waals surface area (Å²) in [6.45, 7) is 1.85. The van der Waals surface area contributed by atoms with Crippen LogP contribution in [-0.2, 0) is 10.3 Å². The van der Waals surface area contributed by atoms with E-state index in [0.717, 1.165) is 39.8 Å². The number of carbonyl (C=O) groups is 1. The number of rotatable bonds is 12. The molecule has 1 amide bonds. The third-order valence-electron chi connectivity index (χ3n) is 6.85. The minimum atomic E-state index is -1.62. The van der Waals surface area contributed by atoms with Crippen LogP contribution in [0.25, 0.3) is 0 Å². The van der Waals surface area contributed by atoms with Crippen molar-refractivity contribution in [3.05, 3.63) is 146 Å². The molecule has 0 radical (unpaired) electrons. The molecule has 0 aliphatic heterocycles. The lowest BCUT2D eigenvalue weighted by Gasteiger charge is -2.36. The number of ether oxygens (including phenoxy) is 1. The van der Waals surface area contributed by atoms with Crippen molar-refractivity contribution < 1.29 is 24.5 Å². The number of nitrogens with zero attached hydrogens (tertiary/aromatic N) is 3. The van der Waals surface area contributed by atoms with Crippen LogP contribution >= 0.6 is 0 Å². The maximum atomic E-state index is 12.1. The SMILES string of the molecule is CC(CCCOC(c1ccccc1)(c1ccccc1)c1ccccc1)N(C(=O)[O-])c1cc([N+](=O)[O-])cc([N+](=O)[O-])c1. The molecule has 0 bridgehead atoms. The van der Waals surface area contributed by atoms with Gasteiger partial charge in [-0.3, -0.25) is 20.2 Å². The molecule has 1 atom stereocenters. The zero-order valence-electron chi connectivity index (χ0n) is 22.3. The molecule has 1 unspecified atom stereocenters. The summed E-state index contributed by atoms with van der Waals surface area (Å²) in [5.74, 6) is 0. The molecule has 41 heavy (non-hydrogen) atoms. The van der Waals surface area contributed by atoms with Gasteiger partial charge in [0.15, 0.2) is 0 Å². The normalized spacial score (nSPS) is 11.9.